The normalized spacial score (nSPS) is 11.0. The van der Waals surface area contributed by atoms with E-state index in [9.17, 15) is 0 Å². The molecule has 2 aromatic rings. The lowest BCUT2D eigenvalue weighted by atomic mass is 10.2. The number of hydrogen-bond donors (Lipinski definition) is 2. The predicted molar refractivity (Wildman–Crippen MR) is 122 cm³/mol. The molecule has 0 amide bonds. The number of likely N-dealkylation sites (N-methyl/N-ethyl adjacent to an activating group) is 1. The average molecular weight is 501 g/mol. The van der Waals surface area contributed by atoms with Crippen molar-refractivity contribution in [1.82, 2.24) is 9.88 Å². The second-order valence-electron chi connectivity index (χ2n) is 6.05. The third kappa shape index (κ3) is 7.77. The van der Waals surface area contributed by atoms with Gasteiger partial charge in [0.1, 0.15) is 6.61 Å². The second kappa shape index (κ2) is 12.2. The number of aliphatic imine (C=N–C) groups is 1. The molecule has 0 aliphatic rings. The van der Waals surface area contributed by atoms with E-state index in [1.165, 1.54) is 0 Å². The molecule has 0 atom stereocenters. The Morgan fingerprint density at radius 3 is 2.57 bits per heavy atom. The van der Waals surface area contributed by atoms with Crippen molar-refractivity contribution in [2.24, 2.45) is 10.7 Å². The van der Waals surface area contributed by atoms with Gasteiger partial charge >= 0.3 is 0 Å². The zero-order valence-corrected chi connectivity index (χ0v) is 19.0. The summed E-state index contributed by atoms with van der Waals surface area (Å²) in [5, 5.41) is 3.04. The van der Waals surface area contributed by atoms with Crippen molar-refractivity contribution < 1.29 is 14.2 Å². The predicted octanol–water partition coefficient (Wildman–Crippen LogP) is 2.58. The highest BCUT2D eigenvalue weighted by atomic mass is 127. The fraction of sp³-hybridized carbons (Fsp3) is 0.368. The molecule has 0 spiro atoms. The van der Waals surface area contributed by atoms with Crippen LogP contribution in [-0.4, -0.2) is 57.3 Å². The highest BCUT2D eigenvalue weighted by Crippen LogP contribution is 2.29. The number of rotatable bonds is 9. The van der Waals surface area contributed by atoms with Crippen LogP contribution in [0.5, 0.6) is 17.4 Å². The fourth-order valence-corrected chi connectivity index (χ4v) is 2.24. The van der Waals surface area contributed by atoms with Gasteiger partial charge in [-0.1, -0.05) is 0 Å². The summed E-state index contributed by atoms with van der Waals surface area (Å²) < 4.78 is 16.1. The Labute approximate surface area is 183 Å². The van der Waals surface area contributed by atoms with E-state index in [2.05, 4.69) is 20.2 Å². The van der Waals surface area contributed by atoms with Gasteiger partial charge in [0.05, 0.1) is 20.8 Å². The third-order valence-electron chi connectivity index (χ3n) is 3.68. The van der Waals surface area contributed by atoms with Gasteiger partial charge in [0.15, 0.2) is 17.5 Å². The smallest absolute Gasteiger partial charge is 0.213 e. The third-order valence-corrected chi connectivity index (χ3v) is 3.68. The number of guanidine groups is 1. The maximum Gasteiger partial charge on any atom is 0.213 e. The number of pyridine rings is 1. The largest absolute Gasteiger partial charge is 0.493 e. The Balaban J connectivity index is 0.00000392. The molecule has 2 rings (SSSR count). The molecule has 28 heavy (non-hydrogen) atoms. The van der Waals surface area contributed by atoms with Crippen molar-refractivity contribution in [3.8, 4) is 17.4 Å². The van der Waals surface area contributed by atoms with Gasteiger partial charge in [0, 0.05) is 30.6 Å². The minimum Gasteiger partial charge on any atom is -0.493 e. The molecule has 0 saturated carbocycles. The monoisotopic (exact) mass is 501 g/mol. The van der Waals surface area contributed by atoms with E-state index in [1.54, 1.807) is 32.5 Å². The van der Waals surface area contributed by atoms with Crippen LogP contribution in [0.15, 0.2) is 41.5 Å². The fourth-order valence-electron chi connectivity index (χ4n) is 2.24. The van der Waals surface area contributed by atoms with E-state index in [-0.39, 0.29) is 24.0 Å². The second-order valence-corrected chi connectivity index (χ2v) is 6.05. The molecule has 1 aromatic heterocycles. The van der Waals surface area contributed by atoms with Crippen LogP contribution in [0.1, 0.15) is 5.56 Å². The van der Waals surface area contributed by atoms with Crippen molar-refractivity contribution in [2.75, 3.05) is 46.8 Å². The van der Waals surface area contributed by atoms with Gasteiger partial charge in [-0.2, -0.15) is 0 Å². The topological polar surface area (TPSA) is 94.2 Å². The molecule has 0 unspecified atom stereocenters. The summed E-state index contributed by atoms with van der Waals surface area (Å²) in [7, 11) is 7.17. The first-order valence-corrected chi connectivity index (χ1v) is 8.53. The maximum absolute atomic E-state index is 5.98. The Morgan fingerprint density at radius 2 is 1.89 bits per heavy atom. The lowest BCUT2D eigenvalue weighted by molar-refractivity contribution is 0.253. The molecule has 0 radical (unpaired) electrons. The van der Waals surface area contributed by atoms with E-state index >= 15 is 0 Å². The molecule has 0 fully saturated rings. The van der Waals surface area contributed by atoms with Crippen molar-refractivity contribution in [3.63, 3.8) is 0 Å². The van der Waals surface area contributed by atoms with E-state index in [0.29, 0.717) is 36.5 Å². The number of ether oxygens (including phenoxy) is 3. The van der Waals surface area contributed by atoms with Crippen molar-refractivity contribution >= 4 is 35.6 Å². The van der Waals surface area contributed by atoms with Gasteiger partial charge in [0.2, 0.25) is 5.88 Å². The molecule has 9 heteroatoms. The SMILES string of the molecule is COc1ccc(NC(N)=NCc2ccnc(OCCN(C)C)c2)cc1OC.I. The summed E-state index contributed by atoms with van der Waals surface area (Å²) in [6, 6.07) is 9.18. The molecule has 0 aliphatic carbocycles. The van der Waals surface area contributed by atoms with Crippen LogP contribution < -0.4 is 25.3 Å². The van der Waals surface area contributed by atoms with Gasteiger partial charge in [-0.15, -0.1) is 24.0 Å². The molecular formula is C19H28IN5O3. The van der Waals surface area contributed by atoms with E-state index in [0.717, 1.165) is 17.8 Å². The number of halogens is 1. The number of nitrogens with zero attached hydrogens (tertiary/aromatic N) is 3. The van der Waals surface area contributed by atoms with Crippen LogP contribution in [0.2, 0.25) is 0 Å². The number of nitrogens with two attached hydrogens (primary N) is 1. The van der Waals surface area contributed by atoms with Gasteiger partial charge in [-0.3, -0.25) is 0 Å². The standard InChI is InChI=1S/C19H27N5O3.HI/c1-24(2)9-10-27-18-11-14(7-8-21-18)13-22-19(20)23-15-5-6-16(25-3)17(12-15)26-4;/h5-8,11-12H,9-10,13H2,1-4H3,(H3,20,22,23);1H. The summed E-state index contributed by atoms with van der Waals surface area (Å²) in [5.41, 5.74) is 7.70. The number of methoxy groups -OCH3 is 2. The number of benzene rings is 1. The molecule has 3 N–H and O–H groups in total. The van der Waals surface area contributed by atoms with Crippen molar-refractivity contribution in [1.29, 1.82) is 0 Å². The molecule has 1 aromatic carbocycles. The maximum atomic E-state index is 5.98. The summed E-state index contributed by atoms with van der Waals surface area (Å²) in [4.78, 5) is 10.6. The average Bonchev–Trinajstić information content (AvgIpc) is 2.66. The Bertz CT molecular complexity index is 771. The lowest BCUT2D eigenvalue weighted by Gasteiger charge is -2.11. The van der Waals surface area contributed by atoms with Crippen LogP contribution in [0, 0.1) is 0 Å². The first kappa shape index (κ1) is 23.8. The summed E-state index contributed by atoms with van der Waals surface area (Å²) in [6.07, 6.45) is 1.70. The quantitative estimate of drug-likeness (QED) is 0.310. The van der Waals surface area contributed by atoms with E-state index in [1.807, 2.05) is 32.3 Å². The Kier molecular flexibility index (Phi) is 10.4. The van der Waals surface area contributed by atoms with E-state index < -0.39 is 0 Å². The Hall–Kier alpha value is -2.27. The van der Waals surface area contributed by atoms with Crippen LogP contribution in [0.25, 0.3) is 0 Å². The highest BCUT2D eigenvalue weighted by Gasteiger charge is 2.05. The van der Waals surface area contributed by atoms with Gasteiger partial charge in [-0.05, 0) is 37.9 Å². The molecule has 0 aliphatic heterocycles. The first-order valence-electron chi connectivity index (χ1n) is 8.53. The van der Waals surface area contributed by atoms with Gasteiger partial charge in [-0.25, -0.2) is 9.98 Å². The lowest BCUT2D eigenvalue weighted by Crippen LogP contribution is -2.22. The van der Waals surface area contributed by atoms with Gasteiger partial charge in [0.25, 0.3) is 0 Å². The minimum absolute atomic E-state index is 0. The minimum atomic E-state index is 0. The van der Waals surface area contributed by atoms with Crippen LogP contribution in [0.3, 0.4) is 0 Å². The zero-order chi connectivity index (χ0) is 19.6. The van der Waals surface area contributed by atoms with Crippen LogP contribution in [0.4, 0.5) is 5.69 Å². The van der Waals surface area contributed by atoms with Gasteiger partial charge < -0.3 is 30.2 Å². The number of nitrogens with one attached hydrogen (secondary N) is 1. The number of hydrogen-bond acceptors (Lipinski definition) is 6. The number of anilines is 1. The summed E-state index contributed by atoms with van der Waals surface area (Å²) >= 11 is 0. The van der Waals surface area contributed by atoms with E-state index in [4.69, 9.17) is 19.9 Å². The highest BCUT2D eigenvalue weighted by molar-refractivity contribution is 14.0. The summed E-state index contributed by atoms with van der Waals surface area (Å²) in [6.45, 7) is 1.82. The summed E-state index contributed by atoms with van der Waals surface area (Å²) in [5.74, 6) is 2.14. The number of aromatic nitrogens is 1. The Morgan fingerprint density at radius 1 is 1.14 bits per heavy atom. The molecule has 0 bridgehead atoms. The van der Waals surface area contributed by atoms with Crippen LogP contribution in [-0.2, 0) is 6.54 Å². The zero-order valence-electron chi connectivity index (χ0n) is 16.6. The first-order chi connectivity index (χ1) is 13.0. The molecule has 0 saturated heterocycles. The van der Waals surface area contributed by atoms with Crippen molar-refractivity contribution in [2.45, 2.75) is 6.54 Å². The molecule has 1 heterocycles. The van der Waals surface area contributed by atoms with Crippen LogP contribution >= 0.6 is 24.0 Å². The van der Waals surface area contributed by atoms with Crippen molar-refractivity contribution in [3.05, 3.63) is 42.1 Å². The molecular weight excluding hydrogens is 473 g/mol. The molecule has 8 nitrogen and oxygen atoms in total. The molecule has 154 valence electrons.